The van der Waals surface area contributed by atoms with Gasteiger partial charge >= 0.3 is 0 Å². The van der Waals surface area contributed by atoms with E-state index in [-0.39, 0.29) is 17.8 Å². The zero-order chi connectivity index (χ0) is 18.7. The quantitative estimate of drug-likeness (QED) is 0.565. The zero-order valence-electron chi connectivity index (χ0n) is 14.5. The highest BCUT2D eigenvalue weighted by molar-refractivity contribution is 6.00. The molecule has 7 nitrogen and oxygen atoms in total. The van der Waals surface area contributed by atoms with Gasteiger partial charge in [-0.1, -0.05) is 24.3 Å². The Morgan fingerprint density at radius 2 is 2.08 bits per heavy atom. The Balaban J connectivity index is 1.88. The van der Waals surface area contributed by atoms with Crippen LogP contribution in [0.5, 0.6) is 0 Å². The maximum atomic E-state index is 12.1. The first-order valence-corrected chi connectivity index (χ1v) is 8.50. The summed E-state index contributed by atoms with van der Waals surface area (Å²) < 4.78 is 0. The van der Waals surface area contributed by atoms with Crippen molar-refractivity contribution in [3.63, 3.8) is 0 Å². The van der Waals surface area contributed by atoms with Gasteiger partial charge in [0.2, 0.25) is 0 Å². The number of hydrogen-bond donors (Lipinski definition) is 3. The molecule has 0 bridgehead atoms. The number of anilines is 1. The number of hydrogen-bond acceptors (Lipinski definition) is 5. The molecule has 26 heavy (non-hydrogen) atoms. The molecule has 7 heteroatoms. The van der Waals surface area contributed by atoms with Crippen molar-refractivity contribution < 1.29 is 14.8 Å². The average molecular weight is 355 g/mol. The van der Waals surface area contributed by atoms with Crippen LogP contribution in [0.1, 0.15) is 34.3 Å². The molecule has 0 heterocycles. The molecular weight excluding hydrogens is 334 g/mol. The van der Waals surface area contributed by atoms with Crippen molar-refractivity contribution in [3.05, 3.63) is 69.3 Å². The van der Waals surface area contributed by atoms with Crippen LogP contribution in [-0.4, -0.2) is 29.5 Å². The van der Waals surface area contributed by atoms with E-state index in [1.807, 2.05) is 24.3 Å². The number of benzene rings is 2. The number of fused-ring (bicyclic) bond motifs is 1. The van der Waals surface area contributed by atoms with Crippen molar-refractivity contribution in [2.24, 2.45) is 0 Å². The van der Waals surface area contributed by atoms with Gasteiger partial charge in [0, 0.05) is 31.4 Å². The lowest BCUT2D eigenvalue weighted by Gasteiger charge is -2.35. The minimum absolute atomic E-state index is 0.157. The van der Waals surface area contributed by atoms with Gasteiger partial charge in [-0.15, -0.1) is 0 Å². The van der Waals surface area contributed by atoms with Crippen LogP contribution in [0.15, 0.2) is 42.5 Å². The lowest BCUT2D eigenvalue weighted by molar-refractivity contribution is -0.384. The van der Waals surface area contributed by atoms with Gasteiger partial charge in [-0.2, -0.15) is 0 Å². The number of nitrogens with zero attached hydrogens (tertiary/aromatic N) is 1. The summed E-state index contributed by atoms with van der Waals surface area (Å²) in [4.78, 5) is 22.5. The van der Waals surface area contributed by atoms with Gasteiger partial charge in [0.1, 0.15) is 5.60 Å². The van der Waals surface area contributed by atoms with Crippen LogP contribution >= 0.6 is 0 Å². The minimum Gasteiger partial charge on any atom is -0.383 e. The second-order valence-electron chi connectivity index (χ2n) is 6.46. The summed E-state index contributed by atoms with van der Waals surface area (Å²) >= 11 is 0. The molecule has 3 N–H and O–H groups in total. The predicted molar refractivity (Wildman–Crippen MR) is 98.3 cm³/mol. The van der Waals surface area contributed by atoms with Gasteiger partial charge in [0.15, 0.2) is 0 Å². The molecular formula is C19H21N3O4. The van der Waals surface area contributed by atoms with Crippen LogP contribution in [0.25, 0.3) is 0 Å². The Kier molecular flexibility index (Phi) is 4.90. The Bertz CT molecular complexity index is 852. The monoisotopic (exact) mass is 355 g/mol. The molecule has 1 aliphatic carbocycles. The average Bonchev–Trinajstić information content (AvgIpc) is 2.66. The van der Waals surface area contributed by atoms with Crippen LogP contribution in [0, 0.1) is 10.1 Å². The number of carbonyl (C=O) groups is 1. The molecule has 0 saturated carbocycles. The second-order valence-corrected chi connectivity index (χ2v) is 6.46. The van der Waals surface area contributed by atoms with Crippen LogP contribution in [0.3, 0.4) is 0 Å². The molecule has 0 radical (unpaired) electrons. The molecule has 0 spiro atoms. The molecule has 0 aliphatic heterocycles. The summed E-state index contributed by atoms with van der Waals surface area (Å²) in [7, 11) is 1.47. The molecule has 2 aromatic rings. The highest BCUT2D eigenvalue weighted by Gasteiger charge is 2.34. The summed E-state index contributed by atoms with van der Waals surface area (Å²) in [6.07, 6.45) is 2.41. The van der Waals surface area contributed by atoms with E-state index in [1.54, 1.807) is 0 Å². The Morgan fingerprint density at radius 3 is 2.81 bits per heavy atom. The van der Waals surface area contributed by atoms with E-state index in [0.29, 0.717) is 12.1 Å². The molecule has 1 unspecified atom stereocenters. The van der Waals surface area contributed by atoms with Gasteiger partial charge in [-0.25, -0.2) is 0 Å². The van der Waals surface area contributed by atoms with Crippen LogP contribution in [-0.2, 0) is 12.0 Å². The van der Waals surface area contributed by atoms with Gasteiger partial charge in [0.05, 0.1) is 10.5 Å². The van der Waals surface area contributed by atoms with Gasteiger partial charge in [0.25, 0.3) is 11.6 Å². The summed E-state index contributed by atoms with van der Waals surface area (Å²) in [5, 5.41) is 27.7. The molecule has 2 aromatic carbocycles. The van der Waals surface area contributed by atoms with E-state index >= 15 is 0 Å². The Labute approximate surface area is 151 Å². The molecule has 0 saturated heterocycles. The summed E-state index contributed by atoms with van der Waals surface area (Å²) in [6.45, 7) is 0.214. The van der Waals surface area contributed by atoms with Crippen molar-refractivity contribution in [3.8, 4) is 0 Å². The van der Waals surface area contributed by atoms with Gasteiger partial charge in [-0.3, -0.25) is 14.9 Å². The van der Waals surface area contributed by atoms with Gasteiger partial charge < -0.3 is 15.7 Å². The second kappa shape index (κ2) is 7.13. The third kappa shape index (κ3) is 3.39. The first-order chi connectivity index (χ1) is 12.4. The van der Waals surface area contributed by atoms with Crippen molar-refractivity contribution in [1.82, 2.24) is 5.32 Å². The highest BCUT2D eigenvalue weighted by Crippen LogP contribution is 2.35. The van der Waals surface area contributed by atoms with Crippen molar-refractivity contribution >= 4 is 17.3 Å². The smallest absolute Gasteiger partial charge is 0.270 e. The number of nitro groups is 1. The standard InChI is InChI=1S/C19H21N3O4/c1-20-18(23)15-11-14(22(25)26)8-9-17(15)21-12-19(24)10-4-6-13-5-2-3-7-16(13)19/h2-3,5,7-9,11,21,24H,4,6,10,12H2,1H3,(H,20,23). The summed E-state index contributed by atoms with van der Waals surface area (Å²) in [5.74, 6) is -0.424. The minimum atomic E-state index is -1.05. The maximum absolute atomic E-state index is 12.1. The molecule has 0 fully saturated rings. The molecule has 1 amide bonds. The number of rotatable bonds is 5. The zero-order valence-corrected chi connectivity index (χ0v) is 14.5. The molecule has 1 atom stereocenters. The highest BCUT2D eigenvalue weighted by atomic mass is 16.6. The summed E-state index contributed by atoms with van der Waals surface area (Å²) in [6, 6.07) is 11.9. The number of non-ortho nitro benzene ring substituents is 1. The molecule has 0 aromatic heterocycles. The number of amides is 1. The Morgan fingerprint density at radius 1 is 1.31 bits per heavy atom. The maximum Gasteiger partial charge on any atom is 0.270 e. The molecule has 1 aliphatic rings. The molecule has 136 valence electrons. The van der Waals surface area contributed by atoms with Crippen LogP contribution in [0.2, 0.25) is 0 Å². The number of carbonyl (C=O) groups excluding carboxylic acids is 1. The van der Waals surface area contributed by atoms with Crippen LogP contribution < -0.4 is 10.6 Å². The van der Waals surface area contributed by atoms with E-state index in [1.165, 1.54) is 25.2 Å². The largest absolute Gasteiger partial charge is 0.383 e. The van der Waals surface area contributed by atoms with E-state index < -0.39 is 16.4 Å². The fourth-order valence-corrected chi connectivity index (χ4v) is 3.45. The van der Waals surface area contributed by atoms with E-state index in [2.05, 4.69) is 10.6 Å². The van der Waals surface area contributed by atoms with E-state index in [4.69, 9.17) is 0 Å². The third-order valence-electron chi connectivity index (χ3n) is 4.81. The van der Waals surface area contributed by atoms with Crippen molar-refractivity contribution in [2.75, 3.05) is 18.9 Å². The first kappa shape index (κ1) is 17.9. The fraction of sp³-hybridized carbons (Fsp3) is 0.316. The Hall–Kier alpha value is -2.93. The van der Waals surface area contributed by atoms with E-state index in [0.717, 1.165) is 24.0 Å². The number of aryl methyl sites for hydroxylation is 1. The predicted octanol–water partition coefficient (Wildman–Crippen LogP) is 2.59. The fourth-order valence-electron chi connectivity index (χ4n) is 3.45. The number of aliphatic hydroxyl groups is 1. The summed E-state index contributed by atoms with van der Waals surface area (Å²) in [5.41, 5.74) is 1.44. The molecule has 3 rings (SSSR count). The normalized spacial score (nSPS) is 18.7. The van der Waals surface area contributed by atoms with E-state index in [9.17, 15) is 20.0 Å². The third-order valence-corrected chi connectivity index (χ3v) is 4.81. The first-order valence-electron chi connectivity index (χ1n) is 8.50. The lowest BCUT2D eigenvalue weighted by atomic mass is 9.79. The van der Waals surface area contributed by atoms with Crippen molar-refractivity contribution in [1.29, 1.82) is 0 Å². The lowest BCUT2D eigenvalue weighted by Crippen LogP contribution is -2.38. The number of nitrogens with one attached hydrogen (secondary N) is 2. The van der Waals surface area contributed by atoms with Gasteiger partial charge in [-0.05, 0) is 36.5 Å². The van der Waals surface area contributed by atoms with Crippen molar-refractivity contribution in [2.45, 2.75) is 24.9 Å². The van der Waals surface area contributed by atoms with Crippen LogP contribution in [0.4, 0.5) is 11.4 Å². The number of nitro benzene ring substituents is 1. The topological polar surface area (TPSA) is 104 Å². The SMILES string of the molecule is CNC(=O)c1cc([N+](=O)[O-])ccc1NCC1(O)CCCc2ccccc21.